The summed E-state index contributed by atoms with van der Waals surface area (Å²) in [5.41, 5.74) is 0. The van der Waals surface area contributed by atoms with Crippen LogP contribution in [0.5, 0.6) is 0 Å². The Hall–Kier alpha value is -0.510. The van der Waals surface area contributed by atoms with Crippen LogP contribution in [0.3, 0.4) is 0 Å². The number of hydrogen-bond acceptors (Lipinski definition) is 2. The first-order chi connectivity index (χ1) is 5.27. The summed E-state index contributed by atoms with van der Waals surface area (Å²) in [5, 5.41) is 0.652. The third kappa shape index (κ3) is 1.15. The highest BCUT2D eigenvalue weighted by Crippen LogP contribution is 2.06. The Morgan fingerprint density at radius 3 is 3.27 bits per heavy atom. The lowest BCUT2D eigenvalue weighted by Crippen LogP contribution is -3.08. The van der Waals surface area contributed by atoms with Gasteiger partial charge in [0.25, 0.3) is 0 Å². The van der Waals surface area contributed by atoms with Gasteiger partial charge < -0.3 is 0 Å². The fourth-order valence-electron chi connectivity index (χ4n) is 1.09. The Balaban J connectivity index is 2.34. The van der Waals surface area contributed by atoms with E-state index in [0.717, 1.165) is 10.7 Å². The number of hydrogen-bond donors (Lipinski definition) is 1. The molecule has 0 aromatic heterocycles. The maximum absolute atomic E-state index is 5.88. The van der Waals surface area contributed by atoms with E-state index in [-0.39, 0.29) is 0 Å². The van der Waals surface area contributed by atoms with Crippen LogP contribution in [0.15, 0.2) is 28.7 Å². The summed E-state index contributed by atoms with van der Waals surface area (Å²) in [4.78, 5) is 5.10. The lowest BCUT2D eigenvalue weighted by atomic mass is 10.4. The first kappa shape index (κ1) is 7.16. The van der Waals surface area contributed by atoms with Crippen LogP contribution >= 0.6 is 23.4 Å². The van der Waals surface area contributed by atoms with E-state index in [2.05, 4.69) is 4.99 Å². The van der Waals surface area contributed by atoms with Crippen molar-refractivity contribution in [2.24, 2.45) is 4.99 Å². The van der Waals surface area contributed by atoms with Gasteiger partial charge in [0.1, 0.15) is 12.7 Å². The van der Waals surface area contributed by atoms with Gasteiger partial charge in [0.15, 0.2) is 0 Å². The summed E-state index contributed by atoms with van der Waals surface area (Å²) in [7, 11) is 0. The number of aliphatic imine (C=N–C) groups is 1. The van der Waals surface area contributed by atoms with Crippen LogP contribution in [0, 0.1) is 0 Å². The van der Waals surface area contributed by atoms with Gasteiger partial charge in [-0.3, -0.25) is 4.42 Å². The average molecular weight is 191 g/mol. The van der Waals surface area contributed by atoms with Crippen molar-refractivity contribution >= 4 is 29.2 Å². The fourth-order valence-corrected chi connectivity index (χ4v) is 1.64. The molecule has 2 heterocycles. The first-order valence-corrected chi connectivity index (χ1v) is 3.89. The highest BCUT2D eigenvalue weighted by molar-refractivity contribution is 6.29. The summed E-state index contributed by atoms with van der Waals surface area (Å²) in [6.45, 7) is 0.625. The Morgan fingerprint density at radius 1 is 1.64 bits per heavy atom. The number of nitrogens with zero attached hydrogens (tertiary/aromatic N) is 2. The molecule has 1 N–H and O–H groups in total. The van der Waals surface area contributed by atoms with E-state index in [0.29, 0.717) is 11.7 Å². The molecular weight excluding hydrogens is 185 g/mol. The van der Waals surface area contributed by atoms with E-state index in [1.807, 2.05) is 6.20 Å². The Labute approximate surface area is 74.3 Å². The van der Waals surface area contributed by atoms with Gasteiger partial charge in [0.05, 0.1) is 12.4 Å². The van der Waals surface area contributed by atoms with Gasteiger partial charge >= 0.3 is 0 Å². The van der Waals surface area contributed by atoms with Crippen LogP contribution in [0.1, 0.15) is 0 Å². The zero-order valence-corrected chi connectivity index (χ0v) is 7.10. The smallest absolute Gasteiger partial charge is 0.233 e. The summed E-state index contributed by atoms with van der Waals surface area (Å²) in [6.07, 6.45) is 5.31. The molecule has 3 nitrogen and oxygen atoms in total. The fraction of sp³-hybridized carbons (Fsp3) is 0.167. The molecule has 0 saturated carbocycles. The second kappa shape index (κ2) is 2.52. The van der Waals surface area contributed by atoms with E-state index in [1.165, 1.54) is 4.42 Å². The summed E-state index contributed by atoms with van der Waals surface area (Å²) in [5.74, 6) is 0.938. The number of halogens is 2. The van der Waals surface area contributed by atoms with Crippen molar-refractivity contribution in [1.29, 1.82) is 0 Å². The quantitative estimate of drug-likeness (QED) is 0.430. The van der Waals surface area contributed by atoms with Gasteiger partial charge in [-0.1, -0.05) is 0 Å². The van der Waals surface area contributed by atoms with E-state index >= 15 is 0 Å². The van der Waals surface area contributed by atoms with Crippen molar-refractivity contribution < 1.29 is 4.90 Å². The zero-order chi connectivity index (χ0) is 7.84. The van der Waals surface area contributed by atoms with Gasteiger partial charge in [0.2, 0.25) is 11.0 Å². The molecule has 58 valence electrons. The van der Waals surface area contributed by atoms with Crippen molar-refractivity contribution in [2.45, 2.75) is 0 Å². The summed E-state index contributed by atoms with van der Waals surface area (Å²) < 4.78 is 1.50. The molecule has 0 saturated heterocycles. The van der Waals surface area contributed by atoms with Crippen LogP contribution in [0.4, 0.5) is 0 Å². The topological polar surface area (TPSA) is 20.0 Å². The molecule has 1 unspecified atom stereocenters. The van der Waals surface area contributed by atoms with Gasteiger partial charge in [-0.05, 0) is 11.6 Å². The molecule has 11 heavy (non-hydrogen) atoms. The normalized spacial score (nSPS) is 28.2. The minimum absolute atomic E-state index is 0.625. The Bertz CT molecular complexity index is 269. The van der Waals surface area contributed by atoms with Gasteiger partial charge in [-0.2, -0.15) is 0 Å². The lowest BCUT2D eigenvalue weighted by Gasteiger charge is -2.20. The highest BCUT2D eigenvalue weighted by atomic mass is 35.5. The van der Waals surface area contributed by atoms with E-state index < -0.39 is 0 Å². The first-order valence-electron chi connectivity index (χ1n) is 3.18. The summed E-state index contributed by atoms with van der Waals surface area (Å²) >= 11 is 11.6. The van der Waals surface area contributed by atoms with Crippen molar-refractivity contribution in [1.82, 2.24) is 4.42 Å². The number of fused-ring (bicyclic) bond motifs is 1. The Kier molecular flexibility index (Phi) is 1.64. The van der Waals surface area contributed by atoms with Gasteiger partial charge in [-0.25, -0.2) is 9.89 Å². The molecule has 0 aliphatic carbocycles. The molecule has 0 aromatic carbocycles. The molecule has 0 radical (unpaired) electrons. The van der Waals surface area contributed by atoms with Crippen LogP contribution in [-0.2, 0) is 0 Å². The third-order valence-corrected chi connectivity index (χ3v) is 2.11. The SMILES string of the molecule is ClC1=CN(Cl)CC2=NC=C[NH+]12. The van der Waals surface area contributed by atoms with Crippen molar-refractivity contribution in [3.8, 4) is 0 Å². The number of amidine groups is 1. The maximum atomic E-state index is 5.88. The molecule has 1 atom stereocenters. The second-order valence-electron chi connectivity index (χ2n) is 2.34. The van der Waals surface area contributed by atoms with Crippen LogP contribution < -0.4 is 4.90 Å². The van der Waals surface area contributed by atoms with E-state index in [4.69, 9.17) is 23.4 Å². The average Bonchev–Trinajstić information content (AvgIpc) is 2.34. The molecular formula is C6H6Cl2N3+. The zero-order valence-electron chi connectivity index (χ0n) is 5.59. The number of nitrogens with one attached hydrogen (secondary N) is 1. The van der Waals surface area contributed by atoms with E-state index in [1.54, 1.807) is 12.4 Å². The second-order valence-corrected chi connectivity index (χ2v) is 3.18. The molecule has 0 spiro atoms. The predicted molar refractivity (Wildman–Crippen MR) is 44.0 cm³/mol. The standard InChI is InChI=1S/C6H5Cl2N3/c7-5-3-10(8)4-6-9-1-2-11(5)6/h1-3H,4H2/p+1. The van der Waals surface area contributed by atoms with Crippen LogP contribution in [0.2, 0.25) is 0 Å². The van der Waals surface area contributed by atoms with Crippen molar-refractivity contribution in [3.05, 3.63) is 23.8 Å². The number of quaternary nitrogens is 1. The molecule has 0 fully saturated rings. The van der Waals surface area contributed by atoms with Gasteiger partial charge in [-0.15, -0.1) is 0 Å². The molecule has 5 heteroatoms. The lowest BCUT2D eigenvalue weighted by molar-refractivity contribution is -0.691. The number of rotatable bonds is 0. The predicted octanol–water partition coefficient (Wildman–Crippen LogP) is 0.262. The van der Waals surface area contributed by atoms with E-state index in [9.17, 15) is 0 Å². The largest absolute Gasteiger partial charge is 0.274 e. The van der Waals surface area contributed by atoms with Crippen LogP contribution in [-0.4, -0.2) is 16.8 Å². The Morgan fingerprint density at radius 2 is 2.45 bits per heavy atom. The van der Waals surface area contributed by atoms with Crippen molar-refractivity contribution in [2.75, 3.05) is 6.54 Å². The maximum Gasteiger partial charge on any atom is 0.233 e. The molecule has 0 amide bonds. The third-order valence-electron chi connectivity index (χ3n) is 1.59. The van der Waals surface area contributed by atoms with Crippen molar-refractivity contribution in [3.63, 3.8) is 0 Å². The molecule has 0 aromatic rings. The highest BCUT2D eigenvalue weighted by Gasteiger charge is 2.28. The monoisotopic (exact) mass is 190 g/mol. The molecule has 2 aliphatic rings. The summed E-state index contributed by atoms with van der Waals surface area (Å²) in [6, 6.07) is 0. The molecule has 0 bridgehead atoms. The minimum Gasteiger partial charge on any atom is -0.274 e. The minimum atomic E-state index is 0.625. The van der Waals surface area contributed by atoms with Crippen LogP contribution in [0.25, 0.3) is 0 Å². The molecule has 2 rings (SSSR count). The van der Waals surface area contributed by atoms with Gasteiger partial charge in [0, 0.05) is 11.8 Å². The molecule has 2 aliphatic heterocycles.